The fraction of sp³-hybridized carbons (Fsp3) is 0.500. The molecule has 21 heavy (non-hydrogen) atoms. The smallest absolute Gasteiger partial charge is 0.315 e. The Morgan fingerprint density at radius 2 is 1.33 bits per heavy atom. The maximum absolute atomic E-state index is 13.4. The monoisotopic (exact) mass is 310 g/mol. The summed E-state index contributed by atoms with van der Waals surface area (Å²) in [5.74, 6) is -14.3. The highest BCUT2D eigenvalue weighted by Gasteiger charge is 2.34. The Kier molecular flexibility index (Phi) is 4.96. The highest BCUT2D eigenvalue weighted by Crippen LogP contribution is 2.33. The number of esters is 1. The van der Waals surface area contributed by atoms with E-state index in [-0.39, 0.29) is 6.42 Å². The van der Waals surface area contributed by atoms with E-state index in [0.717, 1.165) is 0 Å². The van der Waals surface area contributed by atoms with Gasteiger partial charge in [-0.05, 0) is 11.8 Å². The lowest BCUT2D eigenvalue weighted by molar-refractivity contribution is -0.143. The van der Waals surface area contributed by atoms with Crippen molar-refractivity contribution in [3.05, 3.63) is 29.1 Å². The summed E-state index contributed by atoms with van der Waals surface area (Å²) in [6.45, 7) is 6.73. The van der Waals surface area contributed by atoms with Crippen LogP contribution in [0.15, 0.2) is 0 Å². The van der Waals surface area contributed by atoms with Gasteiger partial charge in [-0.25, -0.2) is 13.2 Å². The third kappa shape index (κ3) is 3.33. The van der Waals surface area contributed by atoms with Crippen LogP contribution in [0.25, 0.3) is 0 Å². The molecule has 0 aliphatic rings. The standard InChI is InChI=1S/C14H15F5O2/c1-5-6(14(2,3)4)13(20)21-12-10(18)8(16)7(15)9(17)11(12)19/h6H,5H2,1-4H3. The van der Waals surface area contributed by atoms with Crippen LogP contribution in [0.5, 0.6) is 5.75 Å². The summed E-state index contributed by atoms with van der Waals surface area (Å²) in [6.07, 6.45) is 0.289. The fourth-order valence-corrected chi connectivity index (χ4v) is 1.98. The first-order valence-electron chi connectivity index (χ1n) is 6.25. The predicted molar refractivity (Wildman–Crippen MR) is 65.1 cm³/mol. The second-order valence-corrected chi connectivity index (χ2v) is 5.65. The second-order valence-electron chi connectivity index (χ2n) is 5.65. The lowest BCUT2D eigenvalue weighted by Gasteiger charge is -2.27. The van der Waals surface area contributed by atoms with Crippen molar-refractivity contribution < 1.29 is 31.5 Å². The molecule has 2 nitrogen and oxygen atoms in total. The summed E-state index contributed by atoms with van der Waals surface area (Å²) < 4.78 is 70.2. The number of ether oxygens (including phenoxy) is 1. The van der Waals surface area contributed by atoms with Gasteiger partial charge in [-0.2, -0.15) is 8.78 Å². The molecular weight excluding hydrogens is 295 g/mol. The molecule has 0 heterocycles. The molecule has 0 amide bonds. The van der Waals surface area contributed by atoms with Gasteiger partial charge in [0.2, 0.25) is 34.8 Å². The molecule has 1 atom stereocenters. The van der Waals surface area contributed by atoms with Crippen LogP contribution < -0.4 is 4.74 Å². The quantitative estimate of drug-likeness (QED) is 0.273. The minimum atomic E-state index is -2.30. The Hall–Kier alpha value is -1.66. The first kappa shape index (κ1) is 17.4. The molecule has 7 heteroatoms. The largest absolute Gasteiger partial charge is 0.420 e. The normalized spacial score (nSPS) is 13.2. The molecule has 1 aromatic carbocycles. The fourth-order valence-electron chi connectivity index (χ4n) is 1.98. The average molecular weight is 310 g/mol. The van der Waals surface area contributed by atoms with Gasteiger partial charge in [-0.15, -0.1) is 0 Å². The SMILES string of the molecule is CCC(C(=O)Oc1c(F)c(F)c(F)c(F)c1F)C(C)(C)C. The zero-order valence-corrected chi connectivity index (χ0v) is 12.0. The lowest BCUT2D eigenvalue weighted by atomic mass is 9.79. The van der Waals surface area contributed by atoms with Crippen molar-refractivity contribution in [3.63, 3.8) is 0 Å². The van der Waals surface area contributed by atoms with Gasteiger partial charge >= 0.3 is 5.97 Å². The molecule has 0 aliphatic carbocycles. The summed E-state index contributed by atoms with van der Waals surface area (Å²) >= 11 is 0. The van der Waals surface area contributed by atoms with Gasteiger partial charge in [0.1, 0.15) is 0 Å². The highest BCUT2D eigenvalue weighted by atomic mass is 19.2. The summed E-state index contributed by atoms with van der Waals surface area (Å²) in [5, 5.41) is 0. The molecule has 1 unspecified atom stereocenters. The van der Waals surface area contributed by atoms with Crippen molar-refractivity contribution in [2.24, 2.45) is 11.3 Å². The number of carbonyl (C=O) groups is 1. The number of rotatable bonds is 3. The van der Waals surface area contributed by atoms with E-state index in [1.807, 2.05) is 0 Å². The Balaban J connectivity index is 3.23. The van der Waals surface area contributed by atoms with Crippen LogP contribution in [0.1, 0.15) is 34.1 Å². The van der Waals surface area contributed by atoms with E-state index in [0.29, 0.717) is 0 Å². The van der Waals surface area contributed by atoms with Crippen molar-refractivity contribution in [3.8, 4) is 5.75 Å². The van der Waals surface area contributed by atoms with Crippen molar-refractivity contribution in [1.82, 2.24) is 0 Å². The first-order chi connectivity index (χ1) is 9.52. The topological polar surface area (TPSA) is 26.3 Å². The molecule has 0 saturated heterocycles. The van der Waals surface area contributed by atoms with Gasteiger partial charge in [0.25, 0.3) is 0 Å². The Bertz CT molecular complexity index is 534. The van der Waals surface area contributed by atoms with Crippen molar-refractivity contribution >= 4 is 5.97 Å². The van der Waals surface area contributed by atoms with E-state index in [1.165, 1.54) is 0 Å². The van der Waals surface area contributed by atoms with Crippen LogP contribution in [0, 0.1) is 40.4 Å². The van der Waals surface area contributed by atoms with Gasteiger partial charge in [0, 0.05) is 0 Å². The molecular formula is C14H15F5O2. The molecule has 0 N–H and O–H groups in total. The molecule has 0 saturated carbocycles. The van der Waals surface area contributed by atoms with E-state index < -0.39 is 52.1 Å². The minimum absolute atomic E-state index is 0.289. The van der Waals surface area contributed by atoms with Gasteiger partial charge in [0.05, 0.1) is 5.92 Å². The van der Waals surface area contributed by atoms with Crippen molar-refractivity contribution in [1.29, 1.82) is 0 Å². The number of halogens is 5. The molecule has 1 rings (SSSR count). The van der Waals surface area contributed by atoms with Gasteiger partial charge < -0.3 is 4.74 Å². The van der Waals surface area contributed by atoms with E-state index in [4.69, 9.17) is 0 Å². The third-order valence-electron chi connectivity index (χ3n) is 3.11. The molecule has 0 bridgehead atoms. The van der Waals surface area contributed by atoms with Crippen LogP contribution in [0.3, 0.4) is 0 Å². The van der Waals surface area contributed by atoms with Gasteiger partial charge in [-0.1, -0.05) is 27.7 Å². The van der Waals surface area contributed by atoms with Crippen LogP contribution in [0.4, 0.5) is 22.0 Å². The number of carbonyl (C=O) groups excluding carboxylic acids is 1. The van der Waals surface area contributed by atoms with E-state index in [2.05, 4.69) is 4.74 Å². The molecule has 118 valence electrons. The van der Waals surface area contributed by atoms with Crippen LogP contribution in [0.2, 0.25) is 0 Å². The molecule has 0 aliphatic heterocycles. The van der Waals surface area contributed by atoms with Crippen molar-refractivity contribution in [2.45, 2.75) is 34.1 Å². The maximum atomic E-state index is 13.4. The number of hydrogen-bond acceptors (Lipinski definition) is 2. The average Bonchev–Trinajstić information content (AvgIpc) is 2.38. The second kappa shape index (κ2) is 5.99. The minimum Gasteiger partial charge on any atom is -0.420 e. The van der Waals surface area contributed by atoms with Crippen LogP contribution in [-0.2, 0) is 4.79 Å². The zero-order valence-electron chi connectivity index (χ0n) is 12.0. The van der Waals surface area contributed by atoms with Crippen LogP contribution >= 0.6 is 0 Å². The Morgan fingerprint density at radius 3 is 1.67 bits per heavy atom. The summed E-state index contributed by atoms with van der Waals surface area (Å²) in [4.78, 5) is 11.9. The third-order valence-corrected chi connectivity index (χ3v) is 3.11. The Labute approximate surface area is 118 Å². The molecule has 1 aromatic rings. The first-order valence-corrected chi connectivity index (χ1v) is 6.25. The number of benzene rings is 1. The maximum Gasteiger partial charge on any atom is 0.315 e. The molecule has 0 fully saturated rings. The van der Waals surface area contributed by atoms with E-state index in [9.17, 15) is 26.7 Å². The van der Waals surface area contributed by atoms with E-state index in [1.54, 1.807) is 27.7 Å². The van der Waals surface area contributed by atoms with Gasteiger partial charge in [-0.3, -0.25) is 4.79 Å². The molecule has 0 radical (unpaired) electrons. The molecule has 0 spiro atoms. The van der Waals surface area contributed by atoms with Gasteiger partial charge in [0.15, 0.2) is 0 Å². The van der Waals surface area contributed by atoms with Crippen molar-refractivity contribution in [2.75, 3.05) is 0 Å². The summed E-state index contributed by atoms with van der Waals surface area (Å²) in [7, 11) is 0. The summed E-state index contributed by atoms with van der Waals surface area (Å²) in [6, 6.07) is 0. The molecule has 0 aromatic heterocycles. The highest BCUT2D eigenvalue weighted by molar-refractivity contribution is 5.76. The Morgan fingerprint density at radius 1 is 0.952 bits per heavy atom. The van der Waals surface area contributed by atoms with E-state index >= 15 is 0 Å². The number of hydrogen-bond donors (Lipinski definition) is 0. The predicted octanol–water partition coefficient (Wildman–Crippen LogP) is 4.36. The lowest BCUT2D eigenvalue weighted by Crippen LogP contribution is -2.32. The van der Waals surface area contributed by atoms with Crippen LogP contribution in [-0.4, -0.2) is 5.97 Å². The summed E-state index contributed by atoms with van der Waals surface area (Å²) in [5.41, 5.74) is -0.587. The zero-order chi connectivity index (χ0) is 16.5.